The quantitative estimate of drug-likeness (QED) is 0.196. The number of imide groups is 1. The lowest BCUT2D eigenvalue weighted by Gasteiger charge is -2.30. The first-order chi connectivity index (χ1) is 16.8. The van der Waals surface area contributed by atoms with Crippen LogP contribution in [0.15, 0.2) is 12.2 Å². The first-order valence-electron chi connectivity index (χ1n) is 12.4. The monoisotopic (exact) mass is 513 g/mol. The zero-order valence-electron chi connectivity index (χ0n) is 19.9. The molecular formula is C23H36N3O8P. The molecule has 2 fully saturated rings. The third kappa shape index (κ3) is 7.96. The Morgan fingerprint density at radius 2 is 1.77 bits per heavy atom. The number of unbranched alkanes of at least 4 members (excludes halogenated alkanes) is 2. The summed E-state index contributed by atoms with van der Waals surface area (Å²) in [6.45, 7) is 0.960. The molecule has 11 nitrogen and oxygen atoms in total. The van der Waals surface area contributed by atoms with Crippen LogP contribution in [0.1, 0.15) is 57.8 Å². The summed E-state index contributed by atoms with van der Waals surface area (Å²) >= 11 is 0. The minimum Gasteiger partial charge on any atom is -0.394 e. The van der Waals surface area contributed by atoms with Crippen molar-refractivity contribution in [2.45, 2.75) is 69.9 Å². The van der Waals surface area contributed by atoms with Gasteiger partial charge in [-0.1, -0.05) is 6.42 Å². The maximum atomic E-state index is 12.5. The maximum absolute atomic E-state index is 12.5. The van der Waals surface area contributed by atoms with Gasteiger partial charge in [0.15, 0.2) is 0 Å². The van der Waals surface area contributed by atoms with Crippen LogP contribution >= 0.6 is 8.25 Å². The van der Waals surface area contributed by atoms with Crippen molar-refractivity contribution < 1.29 is 38.3 Å². The molecule has 4 amide bonds. The molecule has 2 heterocycles. The summed E-state index contributed by atoms with van der Waals surface area (Å²) in [5.74, 6) is -0.411. The molecular weight excluding hydrogens is 477 g/mol. The second-order valence-electron chi connectivity index (χ2n) is 9.56. The van der Waals surface area contributed by atoms with Gasteiger partial charge in [0.1, 0.15) is 0 Å². The van der Waals surface area contributed by atoms with E-state index in [0.29, 0.717) is 32.4 Å². The van der Waals surface area contributed by atoms with E-state index >= 15 is 0 Å². The lowest BCUT2D eigenvalue weighted by Crippen LogP contribution is -2.38. The predicted molar refractivity (Wildman–Crippen MR) is 126 cm³/mol. The van der Waals surface area contributed by atoms with E-state index in [-0.39, 0.29) is 48.6 Å². The standard InChI is InChI=1S/C23H36N3O8P/c27-15-18-12-19(34-35(32)33)14-25(18)20(28)4-2-1-3-11-24-23(31)17-7-5-16(6-8-17)13-26-21(29)9-10-22(26)30/h9-10,16-19,27,35H,1-8,11-15H2,(H,24,31)(H,32,33)/t16?,17?,18-,19+/m0/s1. The van der Waals surface area contributed by atoms with E-state index in [2.05, 4.69) is 5.32 Å². The van der Waals surface area contributed by atoms with Gasteiger partial charge in [-0.3, -0.25) is 28.6 Å². The molecule has 35 heavy (non-hydrogen) atoms. The molecule has 0 radical (unpaired) electrons. The van der Waals surface area contributed by atoms with Crippen LogP contribution in [-0.4, -0.2) is 81.8 Å². The van der Waals surface area contributed by atoms with Gasteiger partial charge in [-0.15, -0.1) is 0 Å². The summed E-state index contributed by atoms with van der Waals surface area (Å²) < 4.78 is 15.8. The Morgan fingerprint density at radius 3 is 2.40 bits per heavy atom. The molecule has 1 aliphatic carbocycles. The lowest BCUT2D eigenvalue weighted by atomic mass is 9.81. The Hall–Kier alpha value is -2.07. The third-order valence-electron chi connectivity index (χ3n) is 7.10. The number of hydrogen-bond donors (Lipinski definition) is 3. The zero-order chi connectivity index (χ0) is 25.4. The first kappa shape index (κ1) is 27.5. The number of nitrogens with one attached hydrogen (secondary N) is 1. The fourth-order valence-electron chi connectivity index (χ4n) is 5.13. The van der Waals surface area contributed by atoms with E-state index < -0.39 is 20.4 Å². The smallest absolute Gasteiger partial charge is 0.316 e. The van der Waals surface area contributed by atoms with Crippen molar-refractivity contribution in [1.29, 1.82) is 0 Å². The second kappa shape index (κ2) is 13.3. The van der Waals surface area contributed by atoms with Crippen LogP contribution in [0.25, 0.3) is 0 Å². The van der Waals surface area contributed by atoms with Gasteiger partial charge in [-0.25, -0.2) is 0 Å². The normalized spacial score (nSPS) is 27.5. The molecule has 1 unspecified atom stereocenters. The average molecular weight is 514 g/mol. The zero-order valence-corrected chi connectivity index (χ0v) is 20.9. The number of hydrogen-bond acceptors (Lipinski definition) is 7. The molecule has 1 saturated heterocycles. The number of nitrogens with zero attached hydrogens (tertiary/aromatic N) is 2. The van der Waals surface area contributed by atoms with Crippen molar-refractivity contribution in [2.75, 3.05) is 26.2 Å². The Morgan fingerprint density at radius 1 is 1.09 bits per heavy atom. The molecule has 2 aliphatic heterocycles. The lowest BCUT2D eigenvalue weighted by molar-refractivity contribution is -0.138. The van der Waals surface area contributed by atoms with E-state index in [0.717, 1.165) is 38.5 Å². The number of carbonyl (C=O) groups is 4. The van der Waals surface area contributed by atoms with Crippen LogP contribution in [0.4, 0.5) is 0 Å². The Labute approximate surface area is 205 Å². The van der Waals surface area contributed by atoms with Gasteiger partial charge in [-0.2, -0.15) is 0 Å². The van der Waals surface area contributed by atoms with Gasteiger partial charge in [0, 0.05) is 44.1 Å². The van der Waals surface area contributed by atoms with E-state index in [1.54, 1.807) is 0 Å². The molecule has 3 rings (SSSR count). The van der Waals surface area contributed by atoms with Crippen molar-refractivity contribution in [3.8, 4) is 0 Å². The van der Waals surface area contributed by atoms with Crippen molar-refractivity contribution in [1.82, 2.24) is 15.1 Å². The second-order valence-corrected chi connectivity index (χ2v) is 10.3. The van der Waals surface area contributed by atoms with Crippen molar-refractivity contribution in [3.63, 3.8) is 0 Å². The van der Waals surface area contributed by atoms with Gasteiger partial charge in [0.05, 0.1) is 18.8 Å². The molecule has 12 heteroatoms. The van der Waals surface area contributed by atoms with Crippen LogP contribution in [0, 0.1) is 11.8 Å². The highest BCUT2D eigenvalue weighted by atomic mass is 31.1. The first-order valence-corrected chi connectivity index (χ1v) is 13.7. The minimum absolute atomic E-state index is 0.0339. The molecule has 3 atom stereocenters. The summed E-state index contributed by atoms with van der Waals surface area (Å²) in [6, 6.07) is -0.392. The number of aliphatic hydroxyl groups is 1. The number of amides is 4. The molecule has 0 aromatic carbocycles. The number of rotatable bonds is 12. The summed E-state index contributed by atoms with van der Waals surface area (Å²) in [4.78, 5) is 60.1. The highest BCUT2D eigenvalue weighted by molar-refractivity contribution is 7.32. The van der Waals surface area contributed by atoms with Gasteiger partial charge >= 0.3 is 8.25 Å². The van der Waals surface area contributed by atoms with Gasteiger partial charge in [0.2, 0.25) is 11.8 Å². The van der Waals surface area contributed by atoms with Crippen LogP contribution < -0.4 is 5.32 Å². The molecule has 3 aliphatic rings. The van der Waals surface area contributed by atoms with Crippen LogP contribution in [-0.2, 0) is 28.3 Å². The van der Waals surface area contributed by atoms with Crippen molar-refractivity contribution >= 4 is 31.9 Å². The molecule has 1 saturated carbocycles. The molecule has 0 aromatic heterocycles. The average Bonchev–Trinajstić information content (AvgIpc) is 3.38. The van der Waals surface area contributed by atoms with E-state index in [9.17, 15) is 28.8 Å². The fourth-order valence-corrected chi connectivity index (χ4v) is 5.59. The number of carbonyl (C=O) groups excluding carboxylic acids is 4. The maximum Gasteiger partial charge on any atom is 0.316 e. The van der Waals surface area contributed by atoms with Crippen LogP contribution in [0.3, 0.4) is 0 Å². The predicted octanol–water partition coefficient (Wildman–Crippen LogP) is 0.755. The Bertz CT molecular complexity index is 825. The number of aliphatic hydroxyl groups excluding tert-OH is 1. The third-order valence-corrected chi connectivity index (χ3v) is 7.64. The van der Waals surface area contributed by atoms with E-state index in [1.165, 1.54) is 22.0 Å². The van der Waals surface area contributed by atoms with E-state index in [1.807, 2.05) is 0 Å². The molecule has 196 valence electrons. The van der Waals surface area contributed by atoms with Gasteiger partial charge in [0.25, 0.3) is 11.8 Å². The summed E-state index contributed by atoms with van der Waals surface area (Å²) in [6.07, 6.45) is 8.00. The summed E-state index contributed by atoms with van der Waals surface area (Å²) in [5, 5.41) is 12.5. The molecule has 0 bridgehead atoms. The molecule has 3 N–H and O–H groups in total. The molecule has 0 spiro atoms. The van der Waals surface area contributed by atoms with E-state index in [4.69, 9.17) is 9.42 Å². The summed E-state index contributed by atoms with van der Waals surface area (Å²) in [5.41, 5.74) is 0. The summed E-state index contributed by atoms with van der Waals surface area (Å²) in [7, 11) is -3.08. The van der Waals surface area contributed by atoms with Crippen LogP contribution in [0.2, 0.25) is 0 Å². The van der Waals surface area contributed by atoms with Crippen molar-refractivity contribution in [3.05, 3.63) is 12.2 Å². The largest absolute Gasteiger partial charge is 0.394 e. The topological polar surface area (TPSA) is 154 Å². The highest BCUT2D eigenvalue weighted by Gasteiger charge is 2.36. The highest BCUT2D eigenvalue weighted by Crippen LogP contribution is 2.30. The SMILES string of the molecule is O=C(NCCCCCC(=O)N1C[C@H](O[PH](=O)O)C[C@H]1CO)C1CCC(CN2C(=O)C=CC2=O)CC1. The van der Waals surface area contributed by atoms with Gasteiger partial charge < -0.3 is 24.7 Å². The fraction of sp³-hybridized carbons (Fsp3) is 0.739. The van der Waals surface area contributed by atoms with Crippen molar-refractivity contribution in [2.24, 2.45) is 11.8 Å². The molecule has 0 aromatic rings. The Balaban J connectivity index is 1.25. The minimum atomic E-state index is -3.08. The number of likely N-dealkylation sites (tertiary alicyclic amines) is 1. The van der Waals surface area contributed by atoms with Crippen LogP contribution in [0.5, 0.6) is 0 Å². The van der Waals surface area contributed by atoms with Gasteiger partial charge in [-0.05, 0) is 50.9 Å². The Kier molecular flexibility index (Phi) is 10.5.